The highest BCUT2D eigenvalue weighted by Crippen LogP contribution is 2.37. The quantitative estimate of drug-likeness (QED) is 0.857. The van der Waals surface area contributed by atoms with Gasteiger partial charge >= 0.3 is 5.97 Å². The molecule has 3 aliphatic rings. The third-order valence-corrected chi connectivity index (χ3v) is 5.66. The van der Waals surface area contributed by atoms with Crippen LogP contribution in [0.1, 0.15) is 51.4 Å². The Morgan fingerprint density at radius 1 is 0.950 bits per heavy atom. The van der Waals surface area contributed by atoms with Gasteiger partial charge in [0.2, 0.25) is 0 Å². The summed E-state index contributed by atoms with van der Waals surface area (Å²) < 4.78 is 0. The molecule has 2 saturated heterocycles. The number of rotatable bonds is 4. The highest BCUT2D eigenvalue weighted by Gasteiger charge is 2.41. The number of piperidine rings is 1. The van der Waals surface area contributed by atoms with Crippen LogP contribution in [0.3, 0.4) is 0 Å². The molecule has 3 atom stereocenters. The predicted octanol–water partition coefficient (Wildman–Crippen LogP) is 2.19. The smallest absolute Gasteiger partial charge is 0.320 e. The molecule has 0 bridgehead atoms. The van der Waals surface area contributed by atoms with Crippen molar-refractivity contribution in [3.63, 3.8) is 0 Å². The summed E-state index contributed by atoms with van der Waals surface area (Å²) in [5, 5.41) is 9.54. The van der Waals surface area contributed by atoms with Crippen molar-refractivity contribution in [2.75, 3.05) is 26.2 Å². The van der Waals surface area contributed by atoms with Crippen LogP contribution < -0.4 is 0 Å². The minimum absolute atomic E-state index is 0.225. The topological polar surface area (TPSA) is 43.8 Å². The highest BCUT2D eigenvalue weighted by atomic mass is 16.4. The van der Waals surface area contributed by atoms with Crippen LogP contribution in [-0.4, -0.2) is 59.1 Å². The molecule has 0 aromatic carbocycles. The monoisotopic (exact) mass is 280 g/mol. The molecule has 4 heteroatoms. The van der Waals surface area contributed by atoms with Crippen LogP contribution >= 0.6 is 0 Å². The summed E-state index contributed by atoms with van der Waals surface area (Å²) in [4.78, 5) is 16.4. The molecule has 3 unspecified atom stereocenters. The molecule has 0 aromatic heterocycles. The molecule has 3 fully saturated rings. The zero-order valence-electron chi connectivity index (χ0n) is 12.5. The molecule has 3 rings (SSSR count). The Balaban J connectivity index is 1.64. The summed E-state index contributed by atoms with van der Waals surface area (Å²) >= 11 is 0. The summed E-state index contributed by atoms with van der Waals surface area (Å²) in [7, 11) is 0. The standard InChI is InChI=1S/C16H28N2O2/c19-16(20)15-8-7-13-5-1-2-6-14(13)18(15)12-11-17-9-3-4-10-17/h13-15H,1-12H2,(H,19,20). The molecule has 4 nitrogen and oxygen atoms in total. The maximum absolute atomic E-state index is 11.6. The van der Waals surface area contributed by atoms with Gasteiger partial charge in [0.05, 0.1) is 0 Å². The van der Waals surface area contributed by atoms with E-state index < -0.39 is 5.97 Å². The molecule has 2 aliphatic heterocycles. The van der Waals surface area contributed by atoms with E-state index in [-0.39, 0.29) is 6.04 Å². The van der Waals surface area contributed by atoms with Gasteiger partial charge in [-0.2, -0.15) is 0 Å². The van der Waals surface area contributed by atoms with Gasteiger partial charge in [0.25, 0.3) is 0 Å². The van der Waals surface area contributed by atoms with E-state index >= 15 is 0 Å². The second-order valence-electron chi connectivity index (χ2n) is 6.83. The van der Waals surface area contributed by atoms with Crippen molar-refractivity contribution in [3.05, 3.63) is 0 Å². The van der Waals surface area contributed by atoms with Gasteiger partial charge in [0.1, 0.15) is 6.04 Å². The lowest BCUT2D eigenvalue weighted by molar-refractivity contribution is -0.148. The van der Waals surface area contributed by atoms with Crippen LogP contribution in [0.4, 0.5) is 0 Å². The van der Waals surface area contributed by atoms with Crippen molar-refractivity contribution in [3.8, 4) is 0 Å². The zero-order valence-corrected chi connectivity index (χ0v) is 12.5. The van der Waals surface area contributed by atoms with E-state index in [0.29, 0.717) is 6.04 Å². The molecule has 0 amide bonds. The van der Waals surface area contributed by atoms with Gasteiger partial charge in [-0.1, -0.05) is 12.8 Å². The molecule has 0 aromatic rings. The number of hydrogen-bond donors (Lipinski definition) is 1. The first-order chi connectivity index (χ1) is 9.75. The van der Waals surface area contributed by atoms with Gasteiger partial charge in [-0.3, -0.25) is 9.69 Å². The third-order valence-electron chi connectivity index (χ3n) is 5.66. The van der Waals surface area contributed by atoms with Crippen molar-refractivity contribution in [1.29, 1.82) is 0 Å². The Bertz CT molecular complexity index is 341. The average molecular weight is 280 g/mol. The van der Waals surface area contributed by atoms with Crippen molar-refractivity contribution in [2.45, 2.75) is 63.5 Å². The molecule has 20 heavy (non-hydrogen) atoms. The molecule has 0 radical (unpaired) electrons. The van der Waals surface area contributed by atoms with Crippen molar-refractivity contribution < 1.29 is 9.90 Å². The van der Waals surface area contributed by atoms with Crippen molar-refractivity contribution in [2.24, 2.45) is 5.92 Å². The number of hydrogen-bond acceptors (Lipinski definition) is 3. The maximum atomic E-state index is 11.6. The summed E-state index contributed by atoms with van der Waals surface area (Å²) in [5.41, 5.74) is 0. The first-order valence-corrected chi connectivity index (χ1v) is 8.46. The fraction of sp³-hybridized carbons (Fsp3) is 0.938. The Hall–Kier alpha value is -0.610. The fourth-order valence-corrected chi connectivity index (χ4v) is 4.58. The van der Waals surface area contributed by atoms with Crippen LogP contribution in [0.15, 0.2) is 0 Å². The summed E-state index contributed by atoms with van der Waals surface area (Å²) in [6, 6.07) is 0.318. The molecular weight excluding hydrogens is 252 g/mol. The van der Waals surface area contributed by atoms with Crippen molar-refractivity contribution >= 4 is 5.97 Å². The van der Waals surface area contributed by atoms with Gasteiger partial charge in [-0.15, -0.1) is 0 Å². The number of likely N-dealkylation sites (tertiary alicyclic amines) is 2. The largest absolute Gasteiger partial charge is 0.480 e. The van der Waals surface area contributed by atoms with E-state index in [2.05, 4.69) is 9.80 Å². The van der Waals surface area contributed by atoms with E-state index in [9.17, 15) is 9.90 Å². The Morgan fingerprint density at radius 3 is 2.45 bits per heavy atom. The molecule has 1 N–H and O–H groups in total. The van der Waals surface area contributed by atoms with Gasteiger partial charge in [-0.05, 0) is 57.5 Å². The maximum Gasteiger partial charge on any atom is 0.320 e. The molecule has 114 valence electrons. The lowest BCUT2D eigenvalue weighted by Gasteiger charge is -2.47. The molecular formula is C16H28N2O2. The SMILES string of the molecule is O=C(O)C1CCC2CCCCC2N1CCN1CCCC1. The van der Waals surface area contributed by atoms with Gasteiger partial charge in [0, 0.05) is 19.1 Å². The van der Waals surface area contributed by atoms with E-state index in [1.54, 1.807) is 0 Å². The second kappa shape index (κ2) is 6.44. The average Bonchev–Trinajstić information content (AvgIpc) is 2.97. The highest BCUT2D eigenvalue weighted by molar-refractivity contribution is 5.73. The van der Waals surface area contributed by atoms with Crippen molar-refractivity contribution in [1.82, 2.24) is 9.80 Å². The summed E-state index contributed by atoms with van der Waals surface area (Å²) in [6.45, 7) is 4.43. The number of nitrogens with zero attached hydrogens (tertiary/aromatic N) is 2. The predicted molar refractivity (Wildman–Crippen MR) is 78.8 cm³/mol. The van der Waals surface area contributed by atoms with E-state index in [4.69, 9.17) is 0 Å². The molecule has 0 spiro atoms. The van der Waals surface area contributed by atoms with Crippen LogP contribution in [0.2, 0.25) is 0 Å². The van der Waals surface area contributed by atoms with E-state index in [0.717, 1.165) is 31.8 Å². The second-order valence-corrected chi connectivity index (χ2v) is 6.83. The Kier molecular flexibility index (Phi) is 4.61. The van der Waals surface area contributed by atoms with Gasteiger partial charge < -0.3 is 10.0 Å². The van der Waals surface area contributed by atoms with E-state index in [1.807, 2.05) is 0 Å². The van der Waals surface area contributed by atoms with Crippen LogP contribution in [0, 0.1) is 5.92 Å². The zero-order chi connectivity index (χ0) is 13.9. The minimum Gasteiger partial charge on any atom is -0.480 e. The molecule has 1 saturated carbocycles. The van der Waals surface area contributed by atoms with Crippen LogP contribution in [0.25, 0.3) is 0 Å². The molecule has 2 heterocycles. The number of carboxylic acid groups (broad SMARTS) is 1. The normalized spacial score (nSPS) is 35.9. The number of carboxylic acids is 1. The van der Waals surface area contributed by atoms with Gasteiger partial charge in [0.15, 0.2) is 0 Å². The Labute approximate surface area is 122 Å². The number of fused-ring (bicyclic) bond motifs is 1. The van der Waals surface area contributed by atoms with Gasteiger partial charge in [-0.25, -0.2) is 0 Å². The Morgan fingerprint density at radius 2 is 1.70 bits per heavy atom. The third kappa shape index (κ3) is 3.01. The lowest BCUT2D eigenvalue weighted by Crippen LogP contribution is -2.56. The molecule has 1 aliphatic carbocycles. The first kappa shape index (κ1) is 14.3. The lowest BCUT2D eigenvalue weighted by atomic mass is 9.76. The van der Waals surface area contributed by atoms with Crippen LogP contribution in [0.5, 0.6) is 0 Å². The number of carbonyl (C=O) groups is 1. The summed E-state index contributed by atoms with van der Waals surface area (Å²) in [5.74, 6) is 0.161. The van der Waals surface area contributed by atoms with E-state index in [1.165, 1.54) is 51.6 Å². The number of aliphatic carboxylic acids is 1. The summed E-state index contributed by atoms with van der Waals surface area (Å²) in [6.07, 6.45) is 9.78. The van der Waals surface area contributed by atoms with Crippen LogP contribution in [-0.2, 0) is 4.79 Å². The fourth-order valence-electron chi connectivity index (χ4n) is 4.58. The first-order valence-electron chi connectivity index (χ1n) is 8.46. The minimum atomic E-state index is -0.601.